The Kier molecular flexibility index (Phi) is 7.63. The van der Waals surface area contributed by atoms with E-state index in [-0.39, 0.29) is 30.3 Å². The molecule has 0 saturated carbocycles. The first-order valence-electron chi connectivity index (χ1n) is 8.15. The molecule has 0 aromatic carbocycles. The van der Waals surface area contributed by atoms with Crippen molar-refractivity contribution in [3.05, 3.63) is 0 Å². The number of carbonyl (C=O) groups excluding carboxylic acids is 2. The summed E-state index contributed by atoms with van der Waals surface area (Å²) in [5.74, 6) is 0.237. The lowest BCUT2D eigenvalue weighted by atomic mass is 9.99. The molecule has 1 atom stereocenters. The lowest BCUT2D eigenvalue weighted by Gasteiger charge is -2.37. The van der Waals surface area contributed by atoms with Gasteiger partial charge in [0.2, 0.25) is 11.8 Å². The molecule has 1 aliphatic rings. The normalized spacial score (nSPS) is 19.6. The second kappa shape index (κ2) is 8.98. The van der Waals surface area contributed by atoms with Gasteiger partial charge in [0.1, 0.15) is 6.04 Å². The zero-order valence-corrected chi connectivity index (χ0v) is 13.3. The largest absolute Gasteiger partial charge is 0.345 e. The van der Waals surface area contributed by atoms with Gasteiger partial charge in [0.15, 0.2) is 0 Å². The molecule has 116 valence electrons. The summed E-state index contributed by atoms with van der Waals surface area (Å²) >= 11 is 0. The Hall–Kier alpha value is -1.06. The van der Waals surface area contributed by atoms with Crippen molar-refractivity contribution < 1.29 is 9.59 Å². The minimum Gasteiger partial charge on any atom is -0.345 e. The summed E-state index contributed by atoms with van der Waals surface area (Å²) in [6.07, 6.45) is 8.59. The summed E-state index contributed by atoms with van der Waals surface area (Å²) in [5, 5.41) is 2.69. The molecule has 0 aliphatic carbocycles. The SMILES string of the molecule is CCCCCCCCCN1C(=O)CNC(=O)C1C(C)C. The maximum atomic E-state index is 12.0. The van der Waals surface area contributed by atoms with Crippen molar-refractivity contribution in [3.8, 4) is 0 Å². The van der Waals surface area contributed by atoms with E-state index in [9.17, 15) is 9.59 Å². The maximum Gasteiger partial charge on any atom is 0.243 e. The van der Waals surface area contributed by atoms with Crippen LogP contribution in [0.2, 0.25) is 0 Å². The molecule has 1 heterocycles. The molecule has 1 aliphatic heterocycles. The number of hydrogen-bond acceptors (Lipinski definition) is 2. The lowest BCUT2D eigenvalue weighted by molar-refractivity contribution is -0.147. The van der Waals surface area contributed by atoms with Gasteiger partial charge < -0.3 is 10.2 Å². The van der Waals surface area contributed by atoms with E-state index < -0.39 is 0 Å². The number of rotatable bonds is 9. The van der Waals surface area contributed by atoms with Gasteiger partial charge in [0.05, 0.1) is 6.54 Å². The predicted molar refractivity (Wildman–Crippen MR) is 81.3 cm³/mol. The molecule has 1 rings (SSSR count). The molecule has 0 spiro atoms. The molecular formula is C16H30N2O2. The highest BCUT2D eigenvalue weighted by Crippen LogP contribution is 2.16. The fraction of sp³-hybridized carbons (Fsp3) is 0.875. The molecule has 0 aromatic rings. The Morgan fingerprint density at radius 1 is 1.10 bits per heavy atom. The minimum atomic E-state index is -0.281. The zero-order chi connectivity index (χ0) is 15.0. The second-order valence-corrected chi connectivity index (χ2v) is 6.12. The molecule has 1 fully saturated rings. The van der Waals surface area contributed by atoms with E-state index in [2.05, 4.69) is 12.2 Å². The highest BCUT2D eigenvalue weighted by atomic mass is 16.2. The third-order valence-electron chi connectivity index (χ3n) is 3.97. The van der Waals surface area contributed by atoms with Crippen LogP contribution in [0.25, 0.3) is 0 Å². The van der Waals surface area contributed by atoms with Gasteiger partial charge in [-0.3, -0.25) is 9.59 Å². The molecule has 2 amide bonds. The van der Waals surface area contributed by atoms with E-state index in [0.29, 0.717) is 0 Å². The standard InChI is InChI=1S/C16H30N2O2/c1-4-5-6-7-8-9-10-11-18-14(19)12-17-16(20)15(18)13(2)3/h13,15H,4-12H2,1-3H3,(H,17,20). The van der Waals surface area contributed by atoms with Crippen LogP contribution < -0.4 is 5.32 Å². The molecule has 4 nitrogen and oxygen atoms in total. The van der Waals surface area contributed by atoms with E-state index in [1.807, 2.05) is 13.8 Å². The number of unbranched alkanes of at least 4 members (excludes halogenated alkanes) is 6. The smallest absolute Gasteiger partial charge is 0.243 e. The quantitative estimate of drug-likeness (QED) is 0.661. The Morgan fingerprint density at radius 2 is 1.70 bits per heavy atom. The lowest BCUT2D eigenvalue weighted by Crippen LogP contribution is -2.60. The fourth-order valence-electron chi connectivity index (χ4n) is 2.83. The van der Waals surface area contributed by atoms with Crippen molar-refractivity contribution in [2.75, 3.05) is 13.1 Å². The van der Waals surface area contributed by atoms with E-state index in [0.717, 1.165) is 19.4 Å². The van der Waals surface area contributed by atoms with E-state index in [1.54, 1.807) is 4.90 Å². The van der Waals surface area contributed by atoms with Gasteiger partial charge in [-0.1, -0.05) is 59.3 Å². The summed E-state index contributed by atoms with van der Waals surface area (Å²) in [6, 6.07) is -0.281. The van der Waals surface area contributed by atoms with Gasteiger partial charge in [0, 0.05) is 6.54 Å². The van der Waals surface area contributed by atoms with E-state index in [1.165, 1.54) is 32.1 Å². The van der Waals surface area contributed by atoms with Crippen LogP contribution in [0.1, 0.15) is 65.7 Å². The first kappa shape index (κ1) is 17.0. The predicted octanol–water partition coefficient (Wildman–Crippen LogP) is 2.72. The van der Waals surface area contributed by atoms with Gasteiger partial charge in [0.25, 0.3) is 0 Å². The van der Waals surface area contributed by atoms with Crippen LogP contribution in [-0.4, -0.2) is 35.8 Å². The van der Waals surface area contributed by atoms with Gasteiger partial charge in [-0.05, 0) is 12.3 Å². The van der Waals surface area contributed by atoms with Crippen molar-refractivity contribution in [1.82, 2.24) is 10.2 Å². The van der Waals surface area contributed by atoms with Crippen molar-refractivity contribution in [2.24, 2.45) is 5.92 Å². The maximum absolute atomic E-state index is 12.0. The zero-order valence-electron chi connectivity index (χ0n) is 13.3. The Morgan fingerprint density at radius 3 is 2.30 bits per heavy atom. The molecule has 0 radical (unpaired) electrons. The van der Waals surface area contributed by atoms with Crippen LogP contribution >= 0.6 is 0 Å². The summed E-state index contributed by atoms with van der Waals surface area (Å²) in [4.78, 5) is 25.7. The summed E-state index contributed by atoms with van der Waals surface area (Å²) in [6.45, 7) is 7.11. The number of hydrogen-bond donors (Lipinski definition) is 1. The fourth-order valence-corrected chi connectivity index (χ4v) is 2.83. The van der Waals surface area contributed by atoms with Crippen LogP contribution in [-0.2, 0) is 9.59 Å². The number of nitrogens with one attached hydrogen (secondary N) is 1. The Bertz CT molecular complexity index is 316. The topological polar surface area (TPSA) is 49.4 Å². The first-order chi connectivity index (χ1) is 9.57. The minimum absolute atomic E-state index is 0.00236. The monoisotopic (exact) mass is 282 g/mol. The number of piperazine rings is 1. The van der Waals surface area contributed by atoms with Crippen molar-refractivity contribution in [3.63, 3.8) is 0 Å². The second-order valence-electron chi connectivity index (χ2n) is 6.12. The van der Waals surface area contributed by atoms with Gasteiger partial charge in [-0.15, -0.1) is 0 Å². The molecule has 1 N–H and O–H groups in total. The van der Waals surface area contributed by atoms with E-state index >= 15 is 0 Å². The molecule has 1 saturated heterocycles. The third kappa shape index (κ3) is 5.14. The Labute approximate surface area is 123 Å². The highest BCUT2D eigenvalue weighted by Gasteiger charge is 2.35. The van der Waals surface area contributed by atoms with Gasteiger partial charge in [-0.25, -0.2) is 0 Å². The van der Waals surface area contributed by atoms with Crippen LogP contribution in [0.15, 0.2) is 0 Å². The molecular weight excluding hydrogens is 252 g/mol. The first-order valence-corrected chi connectivity index (χ1v) is 8.15. The van der Waals surface area contributed by atoms with Crippen molar-refractivity contribution >= 4 is 11.8 Å². The number of carbonyl (C=O) groups is 2. The highest BCUT2D eigenvalue weighted by molar-refractivity contribution is 5.94. The van der Waals surface area contributed by atoms with Crippen molar-refractivity contribution in [2.45, 2.75) is 71.8 Å². The average molecular weight is 282 g/mol. The summed E-state index contributed by atoms with van der Waals surface area (Å²) in [7, 11) is 0. The molecule has 20 heavy (non-hydrogen) atoms. The summed E-state index contributed by atoms with van der Waals surface area (Å²) in [5.41, 5.74) is 0. The number of amides is 2. The van der Waals surface area contributed by atoms with Crippen molar-refractivity contribution in [1.29, 1.82) is 0 Å². The van der Waals surface area contributed by atoms with Crippen LogP contribution in [0.5, 0.6) is 0 Å². The average Bonchev–Trinajstić information content (AvgIpc) is 2.41. The molecule has 1 unspecified atom stereocenters. The van der Waals surface area contributed by atoms with Gasteiger partial charge in [-0.2, -0.15) is 0 Å². The Balaban J connectivity index is 2.31. The van der Waals surface area contributed by atoms with Crippen LogP contribution in [0.3, 0.4) is 0 Å². The number of nitrogens with zero attached hydrogens (tertiary/aromatic N) is 1. The van der Waals surface area contributed by atoms with Crippen LogP contribution in [0.4, 0.5) is 0 Å². The summed E-state index contributed by atoms with van der Waals surface area (Å²) < 4.78 is 0. The van der Waals surface area contributed by atoms with E-state index in [4.69, 9.17) is 0 Å². The molecule has 0 bridgehead atoms. The third-order valence-corrected chi connectivity index (χ3v) is 3.97. The van der Waals surface area contributed by atoms with Crippen LogP contribution in [0, 0.1) is 5.92 Å². The molecule has 0 aromatic heterocycles. The molecule has 4 heteroatoms. The van der Waals surface area contributed by atoms with Gasteiger partial charge >= 0.3 is 0 Å².